The molecule has 26 heavy (non-hydrogen) atoms. The van der Waals surface area contributed by atoms with Crippen LogP contribution < -0.4 is 0 Å². The van der Waals surface area contributed by atoms with Gasteiger partial charge >= 0.3 is 5.97 Å². The second kappa shape index (κ2) is 8.07. The number of benzene rings is 1. The third kappa shape index (κ3) is 3.95. The van der Waals surface area contributed by atoms with Crippen molar-refractivity contribution in [2.75, 3.05) is 0 Å². The lowest BCUT2D eigenvalue weighted by Crippen LogP contribution is -2.04. The summed E-state index contributed by atoms with van der Waals surface area (Å²) in [6, 6.07) is 8.31. The van der Waals surface area contributed by atoms with Gasteiger partial charge < -0.3 is 9.67 Å². The average molecular weight is 354 g/mol. The van der Waals surface area contributed by atoms with Crippen molar-refractivity contribution in [3.8, 4) is 6.07 Å². The van der Waals surface area contributed by atoms with Crippen molar-refractivity contribution in [1.29, 1.82) is 5.26 Å². The predicted octanol–water partition coefficient (Wildman–Crippen LogP) is 3.50. The minimum absolute atomic E-state index is 0.00582. The van der Waals surface area contributed by atoms with E-state index in [9.17, 15) is 20.2 Å². The number of carbonyl (C=O) groups is 1. The summed E-state index contributed by atoms with van der Waals surface area (Å²) in [6.07, 6.45) is 1.76. The molecule has 0 spiro atoms. The zero-order valence-electron chi connectivity index (χ0n) is 14.5. The predicted molar refractivity (Wildman–Crippen MR) is 95.8 cm³/mol. The number of para-hydroxylation sites is 1. The van der Waals surface area contributed by atoms with Crippen molar-refractivity contribution in [2.45, 2.75) is 33.2 Å². The fraction of sp³-hybridized carbons (Fsp3) is 0.278. The minimum atomic E-state index is -0.892. The summed E-state index contributed by atoms with van der Waals surface area (Å²) in [5, 5.41) is 29.4. The number of aliphatic carboxylic acids is 1. The Balaban J connectivity index is 2.45. The first-order chi connectivity index (χ1) is 12.4. The van der Waals surface area contributed by atoms with Crippen LogP contribution in [-0.4, -0.2) is 26.8 Å². The highest BCUT2D eigenvalue weighted by Crippen LogP contribution is 2.29. The van der Waals surface area contributed by atoms with Crippen molar-refractivity contribution in [2.24, 2.45) is 4.99 Å². The van der Waals surface area contributed by atoms with E-state index in [1.807, 2.05) is 6.92 Å². The number of aliphatic imine (C=N–C) groups is 1. The van der Waals surface area contributed by atoms with E-state index in [2.05, 4.69) is 11.1 Å². The molecule has 0 bridgehead atoms. The van der Waals surface area contributed by atoms with Crippen LogP contribution in [0, 0.1) is 35.3 Å². The van der Waals surface area contributed by atoms with Gasteiger partial charge in [-0.05, 0) is 31.9 Å². The van der Waals surface area contributed by atoms with E-state index in [-0.39, 0.29) is 12.1 Å². The number of nitro groups is 1. The van der Waals surface area contributed by atoms with E-state index in [0.717, 1.165) is 11.3 Å². The van der Waals surface area contributed by atoms with Gasteiger partial charge in [0.2, 0.25) is 0 Å². The van der Waals surface area contributed by atoms with Crippen molar-refractivity contribution >= 4 is 23.7 Å². The zero-order valence-corrected chi connectivity index (χ0v) is 14.5. The van der Waals surface area contributed by atoms with Crippen molar-refractivity contribution < 1.29 is 14.8 Å². The molecule has 0 saturated carbocycles. The van der Waals surface area contributed by atoms with Gasteiger partial charge in [0.15, 0.2) is 5.82 Å². The molecule has 2 rings (SSSR count). The number of nitrogens with zero attached hydrogens (tertiary/aromatic N) is 4. The molecule has 0 fully saturated rings. The quantitative estimate of drug-likeness (QED) is 0.463. The van der Waals surface area contributed by atoms with E-state index in [1.54, 1.807) is 29.7 Å². The Bertz CT molecular complexity index is 922. The normalized spacial score (nSPS) is 10.8. The van der Waals surface area contributed by atoms with Crippen LogP contribution in [0.25, 0.3) is 0 Å². The number of hydrogen-bond donors (Lipinski definition) is 1. The second-order valence-corrected chi connectivity index (χ2v) is 5.74. The summed E-state index contributed by atoms with van der Waals surface area (Å²) in [4.78, 5) is 25.7. The molecule has 1 heterocycles. The molecule has 0 aliphatic heterocycles. The molecule has 8 nitrogen and oxygen atoms in total. The Morgan fingerprint density at radius 1 is 1.42 bits per heavy atom. The molecule has 0 radical (unpaired) electrons. The molecule has 8 heteroatoms. The first-order valence-corrected chi connectivity index (χ1v) is 7.95. The Morgan fingerprint density at radius 2 is 2.12 bits per heavy atom. The van der Waals surface area contributed by atoms with Crippen LogP contribution in [0.1, 0.15) is 35.2 Å². The van der Waals surface area contributed by atoms with Gasteiger partial charge in [0.05, 0.1) is 16.1 Å². The standard InChI is InChI=1S/C18H18N4O4/c1-12-13(2)21(9-5-8-17(23)24)18(15(12)10-19)20-11-14-6-3-4-7-16(14)22(25)26/h3-4,6-7,11H,5,8-9H2,1-2H3,(H,23,24)/b20-11+. The summed E-state index contributed by atoms with van der Waals surface area (Å²) in [5.41, 5.74) is 2.22. The maximum atomic E-state index is 11.1. The Morgan fingerprint density at radius 3 is 2.73 bits per heavy atom. The Hall–Kier alpha value is -3.47. The second-order valence-electron chi connectivity index (χ2n) is 5.74. The van der Waals surface area contributed by atoms with Crippen molar-refractivity contribution in [3.63, 3.8) is 0 Å². The van der Waals surface area contributed by atoms with Gasteiger partial charge in [-0.25, -0.2) is 4.99 Å². The van der Waals surface area contributed by atoms with E-state index < -0.39 is 10.9 Å². The van der Waals surface area contributed by atoms with Gasteiger partial charge in [0, 0.05) is 30.9 Å². The summed E-state index contributed by atoms with van der Waals surface area (Å²) in [6.45, 7) is 4.02. The SMILES string of the molecule is Cc1c(C#N)c(/N=C/c2ccccc2[N+](=O)[O-])n(CCCC(=O)O)c1C. The smallest absolute Gasteiger partial charge is 0.303 e. The number of rotatable bonds is 7. The van der Waals surface area contributed by atoms with Crippen LogP contribution in [0.15, 0.2) is 29.3 Å². The average Bonchev–Trinajstić information content (AvgIpc) is 2.83. The van der Waals surface area contributed by atoms with Crippen molar-refractivity contribution in [1.82, 2.24) is 4.57 Å². The molecule has 1 aromatic carbocycles. The van der Waals surface area contributed by atoms with E-state index in [1.165, 1.54) is 12.3 Å². The maximum absolute atomic E-state index is 11.1. The van der Waals surface area contributed by atoms with Gasteiger partial charge in [-0.1, -0.05) is 12.1 Å². The fourth-order valence-electron chi connectivity index (χ4n) is 2.67. The molecule has 2 aromatic rings. The van der Waals surface area contributed by atoms with E-state index in [0.29, 0.717) is 29.9 Å². The van der Waals surface area contributed by atoms with Crippen LogP contribution in [0.3, 0.4) is 0 Å². The highest BCUT2D eigenvalue weighted by Gasteiger charge is 2.18. The monoisotopic (exact) mass is 354 g/mol. The van der Waals surface area contributed by atoms with Crippen molar-refractivity contribution in [3.05, 3.63) is 56.8 Å². The third-order valence-corrected chi connectivity index (χ3v) is 4.15. The topological polar surface area (TPSA) is 122 Å². The number of hydrogen-bond acceptors (Lipinski definition) is 5. The maximum Gasteiger partial charge on any atom is 0.303 e. The lowest BCUT2D eigenvalue weighted by molar-refractivity contribution is -0.385. The van der Waals surface area contributed by atoms with Crippen LogP contribution in [0.5, 0.6) is 0 Å². The number of nitro benzene ring substituents is 1. The molecule has 1 aromatic heterocycles. The highest BCUT2D eigenvalue weighted by molar-refractivity contribution is 5.87. The highest BCUT2D eigenvalue weighted by atomic mass is 16.6. The van der Waals surface area contributed by atoms with Gasteiger partial charge in [-0.15, -0.1) is 0 Å². The van der Waals surface area contributed by atoms with Crippen LogP contribution in [0.4, 0.5) is 11.5 Å². The van der Waals surface area contributed by atoms with Crippen LogP contribution in [-0.2, 0) is 11.3 Å². The summed E-state index contributed by atoms with van der Waals surface area (Å²) < 4.78 is 1.78. The minimum Gasteiger partial charge on any atom is -0.481 e. The Labute approximate surface area is 150 Å². The molecule has 134 valence electrons. The molecule has 0 amide bonds. The van der Waals surface area contributed by atoms with E-state index >= 15 is 0 Å². The Kier molecular flexibility index (Phi) is 5.86. The van der Waals surface area contributed by atoms with Crippen LogP contribution in [0.2, 0.25) is 0 Å². The van der Waals surface area contributed by atoms with Gasteiger partial charge in [-0.3, -0.25) is 14.9 Å². The number of carboxylic acid groups (broad SMARTS) is 1. The number of aromatic nitrogens is 1. The van der Waals surface area contributed by atoms with Gasteiger partial charge in [0.25, 0.3) is 5.69 Å². The molecule has 0 atom stereocenters. The lowest BCUT2D eigenvalue weighted by atomic mass is 10.2. The molecule has 0 unspecified atom stereocenters. The molecule has 1 N–H and O–H groups in total. The number of carboxylic acids is 1. The zero-order chi connectivity index (χ0) is 19.3. The van der Waals surface area contributed by atoms with E-state index in [4.69, 9.17) is 5.11 Å². The van der Waals surface area contributed by atoms with Gasteiger partial charge in [-0.2, -0.15) is 5.26 Å². The lowest BCUT2D eigenvalue weighted by Gasteiger charge is -2.08. The third-order valence-electron chi connectivity index (χ3n) is 4.15. The summed E-state index contributed by atoms with van der Waals surface area (Å²) in [7, 11) is 0. The summed E-state index contributed by atoms with van der Waals surface area (Å²) >= 11 is 0. The van der Waals surface area contributed by atoms with Gasteiger partial charge in [0.1, 0.15) is 6.07 Å². The molecule has 0 aliphatic rings. The fourth-order valence-corrected chi connectivity index (χ4v) is 2.67. The largest absolute Gasteiger partial charge is 0.481 e. The molecule has 0 aliphatic carbocycles. The summed E-state index contributed by atoms with van der Waals surface area (Å²) in [5.74, 6) is -0.511. The van der Waals surface area contributed by atoms with Crippen LogP contribution >= 0.6 is 0 Å². The molecule has 0 saturated heterocycles. The molecular weight excluding hydrogens is 336 g/mol. The first-order valence-electron chi connectivity index (χ1n) is 7.95. The molecular formula is C18H18N4O4. The number of nitriles is 1. The first kappa shape index (κ1) is 18.9.